The number of benzene rings is 1. The lowest BCUT2D eigenvalue weighted by Crippen LogP contribution is -2.27. The Hall–Kier alpha value is -1.37. The molecule has 2 rings (SSSR count). The molecule has 0 saturated heterocycles. The van der Waals surface area contributed by atoms with Crippen molar-refractivity contribution in [3.63, 3.8) is 0 Å². The van der Waals surface area contributed by atoms with Crippen LogP contribution in [0.15, 0.2) is 40.6 Å². The molecule has 1 aromatic carbocycles. The summed E-state index contributed by atoms with van der Waals surface area (Å²) in [5.41, 5.74) is 1.34. The van der Waals surface area contributed by atoms with E-state index in [1.807, 2.05) is 37.3 Å². The van der Waals surface area contributed by atoms with Crippen molar-refractivity contribution in [2.24, 2.45) is 0 Å². The number of nitrogens with one attached hydrogen (secondary N) is 1. The summed E-state index contributed by atoms with van der Waals surface area (Å²) in [6.07, 6.45) is 0.841. The van der Waals surface area contributed by atoms with Crippen LogP contribution in [0.4, 0.5) is 0 Å². The Labute approximate surface area is 148 Å². The number of thiophene rings is 1. The number of hydrogen-bond donors (Lipinski definition) is 1. The highest BCUT2D eigenvalue weighted by Gasteiger charge is 2.16. The van der Waals surface area contributed by atoms with Gasteiger partial charge < -0.3 is 4.74 Å². The smallest absolute Gasteiger partial charge is 0.250 e. The van der Waals surface area contributed by atoms with Gasteiger partial charge in [0.25, 0.3) is 0 Å². The van der Waals surface area contributed by atoms with E-state index < -0.39 is 10.0 Å². The van der Waals surface area contributed by atoms with Crippen LogP contribution in [-0.2, 0) is 21.9 Å². The molecule has 0 aliphatic carbocycles. The Bertz CT molecular complexity index is 756. The first-order valence-corrected chi connectivity index (χ1v) is 10.3. The molecule has 24 heavy (non-hydrogen) atoms. The first kappa shape index (κ1) is 19.0. The molecule has 4 nitrogen and oxygen atoms in total. The molecule has 0 fully saturated rings. The van der Waals surface area contributed by atoms with E-state index >= 15 is 0 Å². The third-order valence-corrected chi connectivity index (χ3v) is 6.82. The largest absolute Gasteiger partial charge is 0.492 e. The van der Waals surface area contributed by atoms with Gasteiger partial charge in [-0.25, -0.2) is 13.1 Å². The second-order valence-corrected chi connectivity index (χ2v) is 9.76. The van der Waals surface area contributed by atoms with Crippen molar-refractivity contribution >= 4 is 21.4 Å². The van der Waals surface area contributed by atoms with Crippen LogP contribution in [0.3, 0.4) is 0 Å². The van der Waals surface area contributed by atoms with Crippen LogP contribution < -0.4 is 9.46 Å². The minimum Gasteiger partial charge on any atom is -0.492 e. The second kappa shape index (κ2) is 7.68. The zero-order chi connectivity index (χ0) is 17.8. The minimum absolute atomic E-state index is 0.103. The number of rotatable bonds is 7. The summed E-state index contributed by atoms with van der Waals surface area (Å²) >= 11 is 1.31. The lowest BCUT2D eigenvalue weighted by atomic mass is 9.87. The summed E-state index contributed by atoms with van der Waals surface area (Å²) in [6, 6.07) is 11.4. The van der Waals surface area contributed by atoms with Gasteiger partial charge in [0.05, 0.1) is 0 Å². The SMILES string of the molecule is CCc1ccc(S(=O)(=O)NCCOc2ccc(C(C)(C)C)cc2)s1. The zero-order valence-corrected chi connectivity index (χ0v) is 16.3. The normalized spacial score (nSPS) is 12.3. The lowest BCUT2D eigenvalue weighted by molar-refractivity contribution is 0.322. The van der Waals surface area contributed by atoms with Gasteiger partial charge in [-0.1, -0.05) is 39.8 Å². The molecule has 0 saturated carbocycles. The molecule has 6 heteroatoms. The molecule has 0 atom stereocenters. The predicted molar refractivity (Wildman–Crippen MR) is 99.5 cm³/mol. The monoisotopic (exact) mass is 367 g/mol. The van der Waals surface area contributed by atoms with Crippen molar-refractivity contribution in [1.29, 1.82) is 0 Å². The molecule has 0 unspecified atom stereocenters. The van der Waals surface area contributed by atoms with E-state index in [0.717, 1.165) is 17.0 Å². The van der Waals surface area contributed by atoms with Gasteiger partial charge in [0.15, 0.2) is 0 Å². The summed E-state index contributed by atoms with van der Waals surface area (Å²) in [4.78, 5) is 1.06. The van der Waals surface area contributed by atoms with Gasteiger partial charge in [-0.3, -0.25) is 0 Å². The van der Waals surface area contributed by atoms with Crippen LogP contribution in [0.5, 0.6) is 5.75 Å². The molecule has 0 bridgehead atoms. The predicted octanol–water partition coefficient (Wildman–Crippen LogP) is 3.97. The van der Waals surface area contributed by atoms with Crippen LogP contribution >= 0.6 is 11.3 Å². The molecule has 0 radical (unpaired) electrons. The number of sulfonamides is 1. The maximum Gasteiger partial charge on any atom is 0.250 e. The fourth-order valence-corrected chi connectivity index (χ4v) is 4.51. The number of hydrogen-bond acceptors (Lipinski definition) is 4. The van der Waals surface area contributed by atoms with Crippen LogP contribution in [0, 0.1) is 0 Å². The summed E-state index contributed by atoms with van der Waals surface area (Å²) in [6.45, 7) is 9.02. The van der Waals surface area contributed by atoms with E-state index in [-0.39, 0.29) is 12.0 Å². The van der Waals surface area contributed by atoms with Crippen molar-refractivity contribution in [3.05, 3.63) is 46.8 Å². The fourth-order valence-electron chi connectivity index (χ4n) is 2.16. The van der Waals surface area contributed by atoms with Crippen LogP contribution in [0.1, 0.15) is 38.1 Å². The van der Waals surface area contributed by atoms with Gasteiger partial charge in [-0.05, 0) is 41.7 Å². The molecule has 0 spiro atoms. The Balaban J connectivity index is 1.84. The van der Waals surface area contributed by atoms with E-state index in [4.69, 9.17) is 4.74 Å². The van der Waals surface area contributed by atoms with Gasteiger partial charge in [-0.2, -0.15) is 0 Å². The molecular weight excluding hydrogens is 342 g/mol. The minimum atomic E-state index is -3.44. The van der Waals surface area contributed by atoms with E-state index in [1.165, 1.54) is 16.9 Å². The lowest BCUT2D eigenvalue weighted by Gasteiger charge is -2.19. The Kier molecular flexibility index (Phi) is 6.06. The van der Waals surface area contributed by atoms with E-state index in [1.54, 1.807) is 6.07 Å². The summed E-state index contributed by atoms with van der Waals surface area (Å²) in [5, 5.41) is 0. The standard InChI is InChI=1S/C18H25NO3S2/c1-5-16-10-11-17(23-16)24(20,21)19-12-13-22-15-8-6-14(7-9-15)18(2,3)4/h6-11,19H,5,12-13H2,1-4H3. The highest BCUT2D eigenvalue weighted by atomic mass is 32.2. The highest BCUT2D eigenvalue weighted by molar-refractivity contribution is 7.91. The Morgan fingerprint density at radius 2 is 1.75 bits per heavy atom. The highest BCUT2D eigenvalue weighted by Crippen LogP contribution is 2.24. The van der Waals surface area contributed by atoms with Gasteiger partial charge in [-0.15, -0.1) is 11.3 Å². The number of ether oxygens (including phenoxy) is 1. The van der Waals surface area contributed by atoms with Crippen molar-refractivity contribution in [2.45, 2.75) is 43.7 Å². The van der Waals surface area contributed by atoms with Gasteiger partial charge in [0.2, 0.25) is 10.0 Å². The zero-order valence-electron chi connectivity index (χ0n) is 14.6. The summed E-state index contributed by atoms with van der Waals surface area (Å²) in [7, 11) is -3.44. The average Bonchev–Trinajstić information content (AvgIpc) is 3.01. The van der Waals surface area contributed by atoms with Crippen LogP contribution in [-0.4, -0.2) is 21.6 Å². The van der Waals surface area contributed by atoms with Crippen molar-refractivity contribution in [1.82, 2.24) is 4.72 Å². The molecule has 132 valence electrons. The first-order valence-electron chi connectivity index (χ1n) is 8.04. The van der Waals surface area contributed by atoms with Crippen molar-refractivity contribution in [2.75, 3.05) is 13.2 Å². The molecule has 2 aromatic rings. The molecule has 0 aliphatic heterocycles. The molecule has 1 N–H and O–H groups in total. The molecular formula is C18H25NO3S2. The maximum atomic E-state index is 12.2. The molecule has 0 amide bonds. The van der Waals surface area contributed by atoms with E-state index in [9.17, 15) is 8.42 Å². The van der Waals surface area contributed by atoms with Crippen LogP contribution in [0.25, 0.3) is 0 Å². The van der Waals surface area contributed by atoms with Gasteiger partial charge in [0, 0.05) is 11.4 Å². The number of aryl methyl sites for hydroxylation is 1. The summed E-state index contributed by atoms with van der Waals surface area (Å²) < 4.78 is 32.9. The topological polar surface area (TPSA) is 55.4 Å². The molecule has 1 aromatic heterocycles. The van der Waals surface area contributed by atoms with Gasteiger partial charge in [0.1, 0.15) is 16.6 Å². The quantitative estimate of drug-likeness (QED) is 0.754. The maximum absolute atomic E-state index is 12.2. The van der Waals surface area contributed by atoms with Crippen LogP contribution in [0.2, 0.25) is 0 Å². The van der Waals surface area contributed by atoms with E-state index in [2.05, 4.69) is 25.5 Å². The van der Waals surface area contributed by atoms with Gasteiger partial charge >= 0.3 is 0 Å². The van der Waals surface area contributed by atoms with Crippen molar-refractivity contribution < 1.29 is 13.2 Å². The average molecular weight is 368 g/mol. The second-order valence-electron chi connectivity index (χ2n) is 6.59. The third-order valence-electron chi connectivity index (χ3n) is 3.63. The fraction of sp³-hybridized carbons (Fsp3) is 0.444. The van der Waals surface area contributed by atoms with Crippen molar-refractivity contribution in [3.8, 4) is 5.75 Å². The Morgan fingerprint density at radius 1 is 1.08 bits per heavy atom. The first-order chi connectivity index (χ1) is 11.2. The Morgan fingerprint density at radius 3 is 2.29 bits per heavy atom. The summed E-state index contributed by atoms with van der Waals surface area (Å²) in [5.74, 6) is 0.742. The molecule has 1 heterocycles. The van der Waals surface area contributed by atoms with E-state index in [0.29, 0.717) is 10.8 Å². The molecule has 0 aliphatic rings. The third kappa shape index (κ3) is 5.06.